The van der Waals surface area contributed by atoms with Gasteiger partial charge in [0.1, 0.15) is 5.60 Å². The van der Waals surface area contributed by atoms with Gasteiger partial charge in [-0.1, -0.05) is 6.07 Å². The van der Waals surface area contributed by atoms with E-state index in [1.165, 1.54) is 0 Å². The van der Waals surface area contributed by atoms with Gasteiger partial charge in [-0.3, -0.25) is 5.32 Å². The summed E-state index contributed by atoms with van der Waals surface area (Å²) >= 11 is 5.52. The molecule has 4 nitrogen and oxygen atoms in total. The van der Waals surface area contributed by atoms with Crippen molar-refractivity contribution < 1.29 is 27.8 Å². The summed E-state index contributed by atoms with van der Waals surface area (Å²) in [5, 5.41) is 12.0. The number of aliphatic hydroxyl groups is 1. The summed E-state index contributed by atoms with van der Waals surface area (Å²) in [4.78, 5) is 11.7. The van der Waals surface area contributed by atoms with Crippen molar-refractivity contribution in [2.24, 2.45) is 0 Å². The fourth-order valence-corrected chi connectivity index (χ4v) is 1.79. The lowest BCUT2D eigenvalue weighted by Crippen LogP contribution is -2.28. The Bertz CT molecular complexity index is 541. The molecule has 2 N–H and O–H groups in total. The number of halogens is 4. The van der Waals surface area contributed by atoms with Crippen LogP contribution in [0, 0.1) is 0 Å². The zero-order valence-corrected chi connectivity index (χ0v) is 13.0. The summed E-state index contributed by atoms with van der Waals surface area (Å²) in [6.07, 6.45) is -6.71. The van der Waals surface area contributed by atoms with Gasteiger partial charge in [-0.15, -0.1) is 11.6 Å². The van der Waals surface area contributed by atoms with Crippen molar-refractivity contribution in [1.29, 1.82) is 0 Å². The molecule has 1 aromatic carbocycles. The molecule has 1 amide bonds. The normalized spacial score (nSPS) is 13.6. The van der Waals surface area contributed by atoms with Gasteiger partial charge in [0.15, 0.2) is 0 Å². The maximum Gasteiger partial charge on any atom is 0.416 e. The molecule has 0 heterocycles. The molecule has 0 bridgehead atoms. The monoisotopic (exact) mass is 339 g/mol. The predicted octanol–water partition coefficient (Wildman–Crippen LogP) is 4.32. The standard InChI is InChI=1S/C14H17ClF3NO3/c1-13(2,3)22-12(21)19-10-6-8(14(16,17)18)4-5-9(10)11(20)7-15/h4-6,11,20H,7H2,1-3H3,(H,19,21). The van der Waals surface area contributed by atoms with E-state index in [4.69, 9.17) is 16.3 Å². The molecule has 22 heavy (non-hydrogen) atoms. The Labute approximate surface area is 131 Å². The molecule has 0 saturated heterocycles. The highest BCUT2D eigenvalue weighted by Crippen LogP contribution is 2.34. The molecule has 0 aliphatic heterocycles. The molecule has 1 rings (SSSR count). The van der Waals surface area contributed by atoms with E-state index < -0.39 is 29.5 Å². The van der Waals surface area contributed by atoms with Gasteiger partial charge in [0, 0.05) is 5.56 Å². The summed E-state index contributed by atoms with van der Waals surface area (Å²) in [5.74, 6) is -0.228. The third kappa shape index (κ3) is 5.38. The number of ether oxygens (including phenoxy) is 1. The van der Waals surface area contributed by atoms with Gasteiger partial charge in [-0.2, -0.15) is 13.2 Å². The highest BCUT2D eigenvalue weighted by atomic mass is 35.5. The molecule has 0 radical (unpaired) electrons. The summed E-state index contributed by atoms with van der Waals surface area (Å²) in [5.41, 5.74) is -1.88. The van der Waals surface area contributed by atoms with Crippen molar-refractivity contribution in [3.63, 3.8) is 0 Å². The molecule has 124 valence electrons. The maximum absolute atomic E-state index is 12.8. The quantitative estimate of drug-likeness (QED) is 0.806. The SMILES string of the molecule is CC(C)(C)OC(=O)Nc1cc(C(F)(F)F)ccc1C(O)CCl. The lowest BCUT2D eigenvalue weighted by atomic mass is 10.0. The van der Waals surface area contributed by atoms with E-state index in [0.29, 0.717) is 0 Å². The van der Waals surface area contributed by atoms with Crippen LogP contribution in [0.5, 0.6) is 0 Å². The van der Waals surface area contributed by atoms with Crippen molar-refractivity contribution in [3.8, 4) is 0 Å². The van der Waals surface area contributed by atoms with Crippen LogP contribution >= 0.6 is 11.6 Å². The molecular formula is C14H17ClF3NO3. The van der Waals surface area contributed by atoms with E-state index in [1.54, 1.807) is 20.8 Å². The zero-order chi connectivity index (χ0) is 17.1. The second kappa shape index (κ2) is 6.75. The molecule has 0 aliphatic rings. The number of carbonyl (C=O) groups excluding carboxylic acids is 1. The van der Waals surface area contributed by atoms with Gasteiger partial charge >= 0.3 is 12.3 Å². The average molecular weight is 340 g/mol. The van der Waals surface area contributed by atoms with E-state index in [1.807, 2.05) is 0 Å². The number of hydrogen-bond donors (Lipinski definition) is 2. The van der Waals surface area contributed by atoms with E-state index in [2.05, 4.69) is 5.32 Å². The van der Waals surface area contributed by atoms with Gasteiger partial charge in [-0.05, 0) is 32.9 Å². The highest BCUT2D eigenvalue weighted by Gasteiger charge is 2.32. The molecular weight excluding hydrogens is 323 g/mol. The fraction of sp³-hybridized carbons (Fsp3) is 0.500. The minimum Gasteiger partial charge on any atom is -0.444 e. The van der Waals surface area contributed by atoms with Gasteiger partial charge in [0.25, 0.3) is 0 Å². The second-order valence-corrected chi connectivity index (χ2v) is 5.91. The van der Waals surface area contributed by atoms with Gasteiger partial charge in [0.05, 0.1) is 23.2 Å². The lowest BCUT2D eigenvalue weighted by molar-refractivity contribution is -0.137. The molecule has 0 fully saturated rings. The number of rotatable bonds is 3. The molecule has 8 heteroatoms. The highest BCUT2D eigenvalue weighted by molar-refractivity contribution is 6.18. The van der Waals surface area contributed by atoms with Crippen molar-refractivity contribution in [3.05, 3.63) is 29.3 Å². The second-order valence-electron chi connectivity index (χ2n) is 5.60. The number of amides is 1. The third-order valence-electron chi connectivity index (χ3n) is 2.52. The predicted molar refractivity (Wildman–Crippen MR) is 77.0 cm³/mol. The first kappa shape index (κ1) is 18.6. The number of nitrogens with one attached hydrogen (secondary N) is 1. The van der Waals surface area contributed by atoms with Crippen LogP contribution in [0.4, 0.5) is 23.7 Å². The van der Waals surface area contributed by atoms with Crippen LogP contribution in [-0.4, -0.2) is 22.7 Å². The van der Waals surface area contributed by atoms with Crippen LogP contribution in [0.2, 0.25) is 0 Å². The Morgan fingerprint density at radius 3 is 2.41 bits per heavy atom. The van der Waals surface area contributed by atoms with Crippen molar-refractivity contribution in [1.82, 2.24) is 0 Å². The van der Waals surface area contributed by atoms with Gasteiger partial charge in [-0.25, -0.2) is 4.79 Å². The molecule has 1 atom stereocenters. The van der Waals surface area contributed by atoms with Crippen LogP contribution in [-0.2, 0) is 10.9 Å². The third-order valence-corrected chi connectivity index (χ3v) is 2.81. The topological polar surface area (TPSA) is 58.6 Å². The van der Waals surface area contributed by atoms with E-state index in [9.17, 15) is 23.1 Å². The molecule has 0 saturated carbocycles. The Kier molecular flexibility index (Phi) is 5.70. The van der Waals surface area contributed by atoms with Crippen LogP contribution in [0.1, 0.15) is 38.0 Å². The zero-order valence-electron chi connectivity index (χ0n) is 12.3. The van der Waals surface area contributed by atoms with Crippen molar-refractivity contribution >= 4 is 23.4 Å². The Morgan fingerprint density at radius 1 is 1.36 bits per heavy atom. The van der Waals surface area contributed by atoms with E-state index >= 15 is 0 Å². The van der Waals surface area contributed by atoms with E-state index in [-0.39, 0.29) is 17.1 Å². The van der Waals surface area contributed by atoms with Crippen LogP contribution in [0.15, 0.2) is 18.2 Å². The number of hydrogen-bond acceptors (Lipinski definition) is 3. The number of benzene rings is 1. The van der Waals surface area contributed by atoms with Crippen LogP contribution < -0.4 is 5.32 Å². The van der Waals surface area contributed by atoms with Gasteiger partial charge in [0.2, 0.25) is 0 Å². The largest absolute Gasteiger partial charge is 0.444 e. The Hall–Kier alpha value is -1.47. The van der Waals surface area contributed by atoms with E-state index in [0.717, 1.165) is 18.2 Å². The fourth-order valence-electron chi connectivity index (χ4n) is 1.63. The van der Waals surface area contributed by atoms with Crippen LogP contribution in [0.25, 0.3) is 0 Å². The molecule has 1 unspecified atom stereocenters. The minimum atomic E-state index is -4.57. The number of aliphatic hydroxyl groups excluding tert-OH is 1. The number of alkyl halides is 4. The smallest absolute Gasteiger partial charge is 0.416 e. The lowest BCUT2D eigenvalue weighted by Gasteiger charge is -2.21. The average Bonchev–Trinajstić information content (AvgIpc) is 2.34. The number of carbonyl (C=O) groups is 1. The molecule has 0 spiro atoms. The number of anilines is 1. The maximum atomic E-state index is 12.8. The van der Waals surface area contributed by atoms with Gasteiger partial charge < -0.3 is 9.84 Å². The summed E-state index contributed by atoms with van der Waals surface area (Å²) in [6, 6.07) is 2.61. The Balaban J connectivity index is 3.14. The summed E-state index contributed by atoms with van der Waals surface area (Å²) in [7, 11) is 0. The molecule has 0 aliphatic carbocycles. The summed E-state index contributed by atoms with van der Waals surface area (Å²) in [6.45, 7) is 4.85. The van der Waals surface area contributed by atoms with Crippen LogP contribution in [0.3, 0.4) is 0 Å². The molecule has 1 aromatic rings. The Morgan fingerprint density at radius 2 is 1.95 bits per heavy atom. The first-order valence-corrected chi connectivity index (χ1v) is 6.92. The first-order chi connectivity index (χ1) is 9.94. The van der Waals surface area contributed by atoms with Crippen molar-refractivity contribution in [2.75, 3.05) is 11.2 Å². The molecule has 0 aromatic heterocycles. The van der Waals surface area contributed by atoms with Crippen molar-refractivity contribution in [2.45, 2.75) is 38.7 Å². The first-order valence-electron chi connectivity index (χ1n) is 6.39. The summed E-state index contributed by atoms with van der Waals surface area (Å²) < 4.78 is 43.3. The minimum absolute atomic E-state index is 0.0776.